The molecule has 2 aromatic rings. The van der Waals surface area contributed by atoms with Crippen LogP contribution in [0.5, 0.6) is 0 Å². The van der Waals surface area contributed by atoms with Crippen molar-refractivity contribution in [1.29, 1.82) is 0 Å². The molecule has 3 amide bonds. The van der Waals surface area contributed by atoms with Crippen LogP contribution in [0.3, 0.4) is 0 Å². The van der Waals surface area contributed by atoms with Crippen molar-refractivity contribution in [1.82, 2.24) is 10.2 Å². The van der Waals surface area contributed by atoms with Gasteiger partial charge in [-0.25, -0.2) is 4.79 Å². The highest BCUT2D eigenvalue weighted by Crippen LogP contribution is 2.19. The van der Waals surface area contributed by atoms with Crippen molar-refractivity contribution in [2.24, 2.45) is 5.73 Å². The Morgan fingerprint density at radius 1 is 1.08 bits per heavy atom. The highest BCUT2D eigenvalue weighted by atomic mass is 16.2. The van der Waals surface area contributed by atoms with Crippen molar-refractivity contribution in [3.63, 3.8) is 0 Å². The maximum atomic E-state index is 12.1. The molecule has 5 heteroatoms. The van der Waals surface area contributed by atoms with Crippen LogP contribution in [-0.4, -0.2) is 36.0 Å². The Kier molecular flexibility index (Phi) is 4.79. The van der Waals surface area contributed by atoms with Gasteiger partial charge in [-0.15, -0.1) is 0 Å². The van der Waals surface area contributed by atoms with E-state index in [4.69, 9.17) is 5.73 Å². The number of fused-ring (bicyclic) bond motifs is 1. The molecule has 0 spiro atoms. The third-order valence-electron chi connectivity index (χ3n) is 4.39. The molecule has 3 N–H and O–H groups in total. The highest BCUT2D eigenvalue weighted by Gasteiger charge is 2.21. The van der Waals surface area contributed by atoms with E-state index in [-0.39, 0.29) is 11.9 Å². The summed E-state index contributed by atoms with van der Waals surface area (Å²) in [6.07, 6.45) is 4.88. The summed E-state index contributed by atoms with van der Waals surface area (Å²) in [5.74, 6) is -0.111. The van der Waals surface area contributed by atoms with Crippen LogP contribution in [0.15, 0.2) is 48.5 Å². The van der Waals surface area contributed by atoms with Crippen LogP contribution in [0, 0.1) is 0 Å². The van der Waals surface area contributed by atoms with Crippen molar-refractivity contribution in [2.45, 2.75) is 18.9 Å². The fourth-order valence-electron chi connectivity index (χ4n) is 3.05. The molecule has 0 atom stereocenters. The topological polar surface area (TPSA) is 75.4 Å². The van der Waals surface area contributed by atoms with Gasteiger partial charge in [0.1, 0.15) is 0 Å². The third kappa shape index (κ3) is 3.74. The van der Waals surface area contributed by atoms with Crippen molar-refractivity contribution >= 4 is 28.8 Å². The Bertz CT molecular complexity index is 772. The summed E-state index contributed by atoms with van der Waals surface area (Å²) in [7, 11) is 0. The summed E-state index contributed by atoms with van der Waals surface area (Å²) >= 11 is 0. The van der Waals surface area contributed by atoms with Crippen molar-refractivity contribution in [2.75, 3.05) is 13.1 Å². The Hall–Kier alpha value is -2.82. The molecule has 0 unspecified atom stereocenters. The number of piperidine rings is 1. The molecule has 24 heavy (non-hydrogen) atoms. The number of benzene rings is 2. The first-order valence-corrected chi connectivity index (χ1v) is 8.14. The minimum absolute atomic E-state index is 0.0882. The largest absolute Gasteiger partial charge is 0.351 e. The number of hydrogen-bond donors (Lipinski definition) is 2. The molecule has 1 fully saturated rings. The van der Waals surface area contributed by atoms with Gasteiger partial charge in [0.25, 0.3) is 0 Å². The Balaban J connectivity index is 1.60. The highest BCUT2D eigenvalue weighted by molar-refractivity contribution is 5.96. The van der Waals surface area contributed by atoms with E-state index in [0.29, 0.717) is 13.1 Å². The molecule has 1 aliphatic rings. The van der Waals surface area contributed by atoms with Gasteiger partial charge in [-0.2, -0.15) is 0 Å². The van der Waals surface area contributed by atoms with Gasteiger partial charge in [0.2, 0.25) is 5.91 Å². The van der Waals surface area contributed by atoms with Gasteiger partial charge in [0, 0.05) is 25.2 Å². The van der Waals surface area contributed by atoms with E-state index in [1.165, 1.54) is 0 Å². The number of nitrogens with two attached hydrogens (primary N) is 1. The minimum atomic E-state index is -0.393. The number of amides is 3. The molecule has 3 rings (SSSR count). The monoisotopic (exact) mass is 323 g/mol. The van der Waals surface area contributed by atoms with E-state index in [2.05, 4.69) is 17.4 Å². The van der Waals surface area contributed by atoms with Crippen LogP contribution in [0.1, 0.15) is 18.4 Å². The second-order valence-corrected chi connectivity index (χ2v) is 6.01. The lowest BCUT2D eigenvalue weighted by atomic mass is 10.0. The number of hydrogen-bond acceptors (Lipinski definition) is 2. The second-order valence-electron chi connectivity index (χ2n) is 6.01. The molecule has 124 valence electrons. The van der Waals surface area contributed by atoms with E-state index in [9.17, 15) is 9.59 Å². The predicted octanol–water partition coefficient (Wildman–Crippen LogP) is 2.51. The zero-order valence-corrected chi connectivity index (χ0v) is 13.4. The van der Waals surface area contributed by atoms with Gasteiger partial charge in [-0.1, -0.05) is 42.5 Å². The number of primary amides is 1. The molecule has 0 aromatic heterocycles. The standard InChI is InChI=1S/C19H21N3O2/c20-19(24)22-12-10-16(11-13-22)21-18(23)9-8-15-6-3-5-14-4-1-2-7-17(14)15/h1-9,16H,10-13H2,(H2,20,24)(H,21,23)/b9-8+. The zero-order valence-electron chi connectivity index (χ0n) is 13.4. The molecule has 1 saturated heterocycles. The van der Waals surface area contributed by atoms with Crippen LogP contribution < -0.4 is 11.1 Å². The van der Waals surface area contributed by atoms with Crippen molar-refractivity contribution < 1.29 is 9.59 Å². The predicted molar refractivity (Wildman–Crippen MR) is 95.3 cm³/mol. The van der Waals surface area contributed by atoms with E-state index in [0.717, 1.165) is 29.2 Å². The maximum absolute atomic E-state index is 12.1. The quantitative estimate of drug-likeness (QED) is 0.852. The first-order valence-electron chi connectivity index (χ1n) is 8.14. The number of nitrogens with zero attached hydrogens (tertiary/aromatic N) is 1. The molecule has 0 bridgehead atoms. The molecule has 5 nitrogen and oxygen atoms in total. The molecule has 1 heterocycles. The number of nitrogens with one attached hydrogen (secondary N) is 1. The number of urea groups is 1. The van der Waals surface area contributed by atoms with E-state index >= 15 is 0 Å². The third-order valence-corrected chi connectivity index (χ3v) is 4.39. The summed E-state index contributed by atoms with van der Waals surface area (Å²) in [4.78, 5) is 24.8. The van der Waals surface area contributed by atoms with Crippen molar-refractivity contribution in [3.05, 3.63) is 54.1 Å². The summed E-state index contributed by atoms with van der Waals surface area (Å²) < 4.78 is 0. The van der Waals surface area contributed by atoms with Crippen LogP contribution in [0.4, 0.5) is 4.79 Å². The molecule has 0 aliphatic carbocycles. The lowest BCUT2D eigenvalue weighted by molar-refractivity contribution is -0.117. The van der Waals surface area contributed by atoms with E-state index < -0.39 is 6.03 Å². The Morgan fingerprint density at radius 3 is 2.54 bits per heavy atom. The fraction of sp³-hybridized carbons (Fsp3) is 0.263. The smallest absolute Gasteiger partial charge is 0.314 e. The van der Waals surface area contributed by atoms with Gasteiger partial charge >= 0.3 is 6.03 Å². The molecule has 0 saturated carbocycles. The number of carbonyl (C=O) groups is 2. The van der Waals surface area contributed by atoms with E-state index in [1.54, 1.807) is 11.0 Å². The van der Waals surface area contributed by atoms with E-state index in [1.807, 2.05) is 36.4 Å². The molecule has 0 radical (unpaired) electrons. The second kappa shape index (κ2) is 7.17. The van der Waals surface area contributed by atoms with Crippen LogP contribution in [0.25, 0.3) is 16.8 Å². The zero-order chi connectivity index (χ0) is 16.9. The summed E-state index contributed by atoms with van der Waals surface area (Å²) in [6, 6.07) is 13.8. The molecule has 2 aromatic carbocycles. The van der Waals surface area contributed by atoms with Gasteiger partial charge in [-0.05, 0) is 35.3 Å². The van der Waals surface area contributed by atoms with Crippen LogP contribution in [-0.2, 0) is 4.79 Å². The van der Waals surface area contributed by atoms with Gasteiger partial charge in [-0.3, -0.25) is 4.79 Å². The van der Waals surface area contributed by atoms with Crippen LogP contribution in [0.2, 0.25) is 0 Å². The SMILES string of the molecule is NC(=O)N1CCC(NC(=O)/C=C/c2cccc3ccccc23)CC1. The molecular formula is C19H21N3O2. The first-order chi connectivity index (χ1) is 11.6. The minimum Gasteiger partial charge on any atom is -0.351 e. The van der Waals surface area contributed by atoms with Crippen molar-refractivity contribution in [3.8, 4) is 0 Å². The fourth-order valence-corrected chi connectivity index (χ4v) is 3.05. The van der Waals surface area contributed by atoms with Gasteiger partial charge in [0.05, 0.1) is 0 Å². The molecule has 1 aliphatic heterocycles. The van der Waals surface area contributed by atoms with Gasteiger partial charge in [0.15, 0.2) is 0 Å². The maximum Gasteiger partial charge on any atom is 0.314 e. The van der Waals surface area contributed by atoms with Gasteiger partial charge < -0.3 is 16.0 Å². The lowest BCUT2D eigenvalue weighted by Gasteiger charge is -2.30. The normalized spacial score (nSPS) is 15.8. The number of carbonyl (C=O) groups excluding carboxylic acids is 2. The average molecular weight is 323 g/mol. The first kappa shape index (κ1) is 16.1. The summed E-state index contributed by atoms with van der Waals surface area (Å²) in [6.45, 7) is 1.18. The summed E-state index contributed by atoms with van der Waals surface area (Å²) in [5.41, 5.74) is 6.28. The number of likely N-dealkylation sites (tertiary alicyclic amines) is 1. The average Bonchev–Trinajstić information content (AvgIpc) is 2.60. The lowest BCUT2D eigenvalue weighted by Crippen LogP contribution is -2.47. The Morgan fingerprint density at radius 2 is 1.79 bits per heavy atom. The number of rotatable bonds is 3. The summed E-state index contributed by atoms with van der Waals surface area (Å²) in [5, 5.41) is 5.27. The molecular weight excluding hydrogens is 302 g/mol. The van der Waals surface area contributed by atoms with Crippen LogP contribution >= 0.6 is 0 Å². The Labute approximate surface area is 141 Å².